The molecular formula is C22H34O2Si. The van der Waals surface area contributed by atoms with Crippen molar-refractivity contribution in [1.82, 2.24) is 0 Å². The summed E-state index contributed by atoms with van der Waals surface area (Å²) in [4.78, 5) is 0. The highest BCUT2D eigenvalue weighted by Gasteiger charge is 2.45. The van der Waals surface area contributed by atoms with Crippen LogP contribution in [0, 0.1) is 6.92 Å². The average molecular weight is 359 g/mol. The number of methoxy groups -OCH3 is 1. The van der Waals surface area contributed by atoms with Gasteiger partial charge in [0, 0.05) is 5.56 Å². The van der Waals surface area contributed by atoms with Gasteiger partial charge in [0.25, 0.3) is 0 Å². The van der Waals surface area contributed by atoms with Crippen molar-refractivity contribution in [2.45, 2.75) is 71.7 Å². The lowest BCUT2D eigenvalue weighted by Crippen LogP contribution is -2.47. The van der Waals surface area contributed by atoms with Gasteiger partial charge in [0.05, 0.1) is 13.7 Å². The maximum Gasteiger partial charge on any atom is 0.200 e. The third kappa shape index (κ3) is 3.78. The second-order valence-electron chi connectivity index (χ2n) is 8.08. The van der Waals surface area contributed by atoms with Crippen LogP contribution in [0.5, 0.6) is 5.75 Å². The zero-order chi connectivity index (χ0) is 18.8. The van der Waals surface area contributed by atoms with Crippen LogP contribution in [-0.2, 0) is 11.0 Å². The minimum atomic E-state index is -1.90. The van der Waals surface area contributed by atoms with Crippen LogP contribution in [0.4, 0.5) is 0 Å². The molecule has 3 heteroatoms. The molecule has 0 saturated carbocycles. The number of benzene rings is 2. The largest absolute Gasteiger partial charge is 0.496 e. The van der Waals surface area contributed by atoms with Gasteiger partial charge >= 0.3 is 0 Å². The first-order chi connectivity index (χ1) is 11.7. The van der Waals surface area contributed by atoms with Crippen molar-refractivity contribution in [3.8, 4) is 5.75 Å². The monoisotopic (exact) mass is 358 g/mol. The molecule has 0 N–H and O–H groups in total. The predicted octanol–water partition coefficient (Wildman–Crippen LogP) is 6.85. The number of aryl methyl sites for hydroxylation is 1. The molecule has 0 aliphatic rings. The summed E-state index contributed by atoms with van der Waals surface area (Å²) < 4.78 is 12.5. The van der Waals surface area contributed by atoms with Crippen LogP contribution in [0.25, 0.3) is 10.8 Å². The normalized spacial score (nSPS) is 12.6. The molecule has 0 aliphatic heterocycles. The zero-order valence-corrected chi connectivity index (χ0v) is 18.1. The highest BCUT2D eigenvalue weighted by molar-refractivity contribution is 6.77. The number of hydrogen-bond acceptors (Lipinski definition) is 2. The Hall–Kier alpha value is -1.32. The van der Waals surface area contributed by atoms with E-state index < -0.39 is 8.32 Å². The predicted molar refractivity (Wildman–Crippen MR) is 111 cm³/mol. The van der Waals surface area contributed by atoms with Crippen LogP contribution in [0.2, 0.25) is 16.6 Å². The molecule has 138 valence electrons. The summed E-state index contributed by atoms with van der Waals surface area (Å²) in [6.45, 7) is 16.7. The van der Waals surface area contributed by atoms with Crippen molar-refractivity contribution in [2.75, 3.05) is 7.11 Å². The molecule has 2 aromatic carbocycles. The molecule has 0 saturated heterocycles. The van der Waals surface area contributed by atoms with E-state index in [0.29, 0.717) is 23.2 Å². The van der Waals surface area contributed by atoms with E-state index in [1.807, 2.05) is 0 Å². The summed E-state index contributed by atoms with van der Waals surface area (Å²) in [6, 6.07) is 10.8. The summed E-state index contributed by atoms with van der Waals surface area (Å²) in [7, 11) is -0.153. The fourth-order valence-corrected chi connectivity index (χ4v) is 9.93. The highest BCUT2D eigenvalue weighted by atomic mass is 28.4. The topological polar surface area (TPSA) is 18.5 Å². The van der Waals surface area contributed by atoms with Gasteiger partial charge in [0.15, 0.2) is 0 Å². The molecular weight excluding hydrogens is 324 g/mol. The lowest BCUT2D eigenvalue weighted by atomic mass is 10.0. The maximum atomic E-state index is 6.84. The van der Waals surface area contributed by atoms with Crippen molar-refractivity contribution in [3.63, 3.8) is 0 Å². The van der Waals surface area contributed by atoms with Crippen molar-refractivity contribution in [2.24, 2.45) is 0 Å². The van der Waals surface area contributed by atoms with Crippen LogP contribution in [0.15, 0.2) is 30.3 Å². The minimum absolute atomic E-state index is 0.579. The standard InChI is InChI=1S/C22H34O2Si/c1-15(2)25(16(3)4,17(5)6)24-14-21-20-11-9-18(7)13-19(20)10-12-22(21)23-8/h9-13,15-17H,14H2,1-8H3. The Balaban J connectivity index is 2.48. The third-order valence-corrected chi connectivity index (χ3v) is 11.7. The Morgan fingerprint density at radius 3 is 2.00 bits per heavy atom. The first-order valence-corrected chi connectivity index (χ1v) is 11.6. The Labute approximate surface area is 154 Å². The first kappa shape index (κ1) is 20.0. The summed E-state index contributed by atoms with van der Waals surface area (Å²) in [5, 5.41) is 2.49. The lowest BCUT2D eigenvalue weighted by molar-refractivity contribution is 0.261. The fraction of sp³-hybridized carbons (Fsp3) is 0.545. The van der Waals surface area contributed by atoms with Gasteiger partial charge in [-0.15, -0.1) is 0 Å². The summed E-state index contributed by atoms with van der Waals surface area (Å²) in [5.74, 6) is 0.926. The summed E-state index contributed by atoms with van der Waals surface area (Å²) >= 11 is 0. The molecule has 2 nitrogen and oxygen atoms in total. The van der Waals surface area contributed by atoms with Crippen molar-refractivity contribution >= 4 is 19.1 Å². The first-order valence-electron chi connectivity index (χ1n) is 9.44. The summed E-state index contributed by atoms with van der Waals surface area (Å²) in [5.41, 5.74) is 4.20. The van der Waals surface area contributed by atoms with Gasteiger partial charge in [-0.05, 0) is 40.4 Å². The SMILES string of the molecule is COc1ccc2cc(C)ccc2c1CO[Si](C(C)C)(C(C)C)C(C)C. The van der Waals surface area contributed by atoms with Gasteiger partial charge < -0.3 is 9.16 Å². The molecule has 2 aromatic rings. The second kappa shape index (κ2) is 7.92. The fourth-order valence-electron chi connectivity index (χ4n) is 4.53. The lowest BCUT2D eigenvalue weighted by Gasteiger charge is -2.42. The van der Waals surface area contributed by atoms with E-state index in [1.165, 1.54) is 21.9 Å². The van der Waals surface area contributed by atoms with Crippen molar-refractivity contribution in [1.29, 1.82) is 0 Å². The van der Waals surface area contributed by atoms with Gasteiger partial charge in [0.1, 0.15) is 5.75 Å². The Bertz CT molecular complexity index is 698. The molecule has 0 aromatic heterocycles. The second-order valence-corrected chi connectivity index (χ2v) is 13.5. The molecule has 0 unspecified atom stereocenters. The molecule has 25 heavy (non-hydrogen) atoms. The quantitative estimate of drug-likeness (QED) is 0.504. The zero-order valence-electron chi connectivity index (χ0n) is 17.1. The van der Waals surface area contributed by atoms with Crippen LogP contribution < -0.4 is 4.74 Å². The molecule has 0 fully saturated rings. The van der Waals surface area contributed by atoms with Gasteiger partial charge in [-0.25, -0.2) is 0 Å². The molecule has 0 atom stereocenters. The minimum Gasteiger partial charge on any atom is -0.496 e. The molecule has 0 aliphatic carbocycles. The van der Waals surface area contributed by atoms with Crippen molar-refractivity contribution < 1.29 is 9.16 Å². The summed E-state index contributed by atoms with van der Waals surface area (Å²) in [6.07, 6.45) is 0. The van der Waals surface area contributed by atoms with Crippen LogP contribution in [-0.4, -0.2) is 15.4 Å². The number of rotatable bonds is 7. The third-order valence-electron chi connectivity index (χ3n) is 5.64. The molecule has 0 bridgehead atoms. The van der Waals surface area contributed by atoms with E-state index >= 15 is 0 Å². The molecule has 0 amide bonds. The number of hydrogen-bond donors (Lipinski definition) is 0. The number of ether oxygens (including phenoxy) is 1. The molecule has 0 spiro atoms. The van der Waals surface area contributed by atoms with Crippen LogP contribution >= 0.6 is 0 Å². The van der Waals surface area contributed by atoms with Crippen LogP contribution in [0.3, 0.4) is 0 Å². The Kier molecular flexibility index (Phi) is 6.34. The highest BCUT2D eigenvalue weighted by Crippen LogP contribution is 2.43. The average Bonchev–Trinajstić information content (AvgIpc) is 2.53. The smallest absolute Gasteiger partial charge is 0.200 e. The van der Waals surface area contributed by atoms with Crippen molar-refractivity contribution in [3.05, 3.63) is 41.5 Å². The Morgan fingerprint density at radius 2 is 1.48 bits per heavy atom. The van der Waals surface area contributed by atoms with Gasteiger partial charge in [-0.2, -0.15) is 0 Å². The van der Waals surface area contributed by atoms with Crippen LogP contribution in [0.1, 0.15) is 52.7 Å². The molecule has 0 radical (unpaired) electrons. The van der Waals surface area contributed by atoms with Gasteiger partial charge in [0.2, 0.25) is 8.32 Å². The van der Waals surface area contributed by atoms with E-state index in [2.05, 4.69) is 78.8 Å². The van der Waals surface area contributed by atoms with Gasteiger partial charge in [-0.1, -0.05) is 71.4 Å². The molecule has 0 heterocycles. The molecule has 2 rings (SSSR count). The van der Waals surface area contributed by atoms with E-state index in [4.69, 9.17) is 9.16 Å². The van der Waals surface area contributed by atoms with E-state index in [1.54, 1.807) is 7.11 Å². The van der Waals surface area contributed by atoms with Gasteiger partial charge in [-0.3, -0.25) is 0 Å². The Morgan fingerprint density at radius 1 is 0.880 bits per heavy atom. The maximum absolute atomic E-state index is 6.84. The van der Waals surface area contributed by atoms with E-state index in [9.17, 15) is 0 Å². The van der Waals surface area contributed by atoms with E-state index in [-0.39, 0.29) is 0 Å². The number of fused-ring (bicyclic) bond motifs is 1. The van der Waals surface area contributed by atoms with E-state index in [0.717, 1.165) is 5.75 Å².